The smallest absolute Gasteiger partial charge is 0.350 e. The van der Waals surface area contributed by atoms with Gasteiger partial charge >= 0.3 is 29.8 Å². The summed E-state index contributed by atoms with van der Waals surface area (Å²) in [6.45, 7) is 9.70. The van der Waals surface area contributed by atoms with Crippen molar-refractivity contribution in [3.63, 3.8) is 0 Å². The van der Waals surface area contributed by atoms with E-state index in [0.29, 0.717) is 12.0 Å². The Morgan fingerprint density at radius 2 is 1.43 bits per heavy atom. The third-order valence-electron chi connectivity index (χ3n) is 14.2. The fraction of sp³-hybridized carbons (Fsp3) is 0.471. The molecule has 2 unspecified atom stereocenters. The number of rotatable bonds is 13. The lowest BCUT2D eigenvalue weighted by Gasteiger charge is -2.67. The van der Waals surface area contributed by atoms with Crippen LogP contribution in [0, 0.1) is 16.7 Å². The number of fused-ring (bicyclic) bond motifs is 5. The van der Waals surface area contributed by atoms with Gasteiger partial charge in [-0.2, -0.15) is 0 Å². The van der Waals surface area contributed by atoms with Crippen LogP contribution in [-0.4, -0.2) is 106 Å². The van der Waals surface area contributed by atoms with E-state index in [-0.39, 0.29) is 41.7 Å². The first-order valence-electron chi connectivity index (χ1n) is 22.4. The van der Waals surface area contributed by atoms with Crippen molar-refractivity contribution in [2.24, 2.45) is 16.7 Å². The molecule has 1 heterocycles. The Kier molecular flexibility index (Phi) is 13.7. The Balaban J connectivity index is 1.42. The van der Waals surface area contributed by atoms with Gasteiger partial charge in [0.05, 0.1) is 29.6 Å². The molecule has 1 saturated heterocycles. The van der Waals surface area contributed by atoms with Crippen LogP contribution < -0.4 is 5.32 Å². The average molecular weight is 924 g/mol. The van der Waals surface area contributed by atoms with Gasteiger partial charge in [-0.1, -0.05) is 87.5 Å². The van der Waals surface area contributed by atoms with Gasteiger partial charge in [-0.05, 0) is 61.2 Å². The van der Waals surface area contributed by atoms with Gasteiger partial charge in [0.15, 0.2) is 17.5 Å². The number of hydrogen-bond acceptors (Lipinski definition) is 15. The zero-order valence-electron chi connectivity index (χ0n) is 38.5. The molecular weight excluding hydrogens is 867 g/mol. The van der Waals surface area contributed by atoms with E-state index in [9.17, 15) is 34.2 Å². The van der Waals surface area contributed by atoms with Gasteiger partial charge in [0.25, 0.3) is 5.91 Å². The number of aliphatic hydroxyl groups excluding tert-OH is 1. The molecule has 356 valence electrons. The maximum absolute atomic E-state index is 15.6. The van der Waals surface area contributed by atoms with Crippen molar-refractivity contribution in [1.82, 2.24) is 5.32 Å². The van der Waals surface area contributed by atoms with Gasteiger partial charge in [-0.15, -0.1) is 0 Å². The van der Waals surface area contributed by atoms with Gasteiger partial charge in [-0.25, -0.2) is 9.59 Å². The van der Waals surface area contributed by atoms with E-state index in [0.717, 1.165) is 13.8 Å². The first-order chi connectivity index (χ1) is 31.7. The van der Waals surface area contributed by atoms with Crippen LogP contribution in [0.1, 0.15) is 106 Å². The molecular formula is C51H57NO15. The summed E-state index contributed by atoms with van der Waals surface area (Å²) in [5.41, 5.74) is -7.18. The number of ketones is 1. The highest BCUT2D eigenvalue weighted by Gasteiger charge is 2.78. The van der Waals surface area contributed by atoms with E-state index in [2.05, 4.69) is 5.32 Å². The van der Waals surface area contributed by atoms with Crippen molar-refractivity contribution in [2.45, 2.75) is 128 Å². The molecule has 3 aliphatic carbocycles. The number of carbonyl (C=O) groups excluding carboxylic acids is 7. The molecule has 11 atom stereocenters. The van der Waals surface area contributed by atoms with Crippen molar-refractivity contribution >= 4 is 41.5 Å². The first-order valence-corrected chi connectivity index (χ1v) is 22.4. The van der Waals surface area contributed by atoms with Gasteiger partial charge in [-0.3, -0.25) is 24.0 Å². The van der Waals surface area contributed by atoms with Gasteiger partial charge in [0.2, 0.25) is 6.10 Å². The normalized spacial score (nSPS) is 30.3. The number of nitrogens with one attached hydrogen (secondary N) is 1. The minimum atomic E-state index is -2.43. The summed E-state index contributed by atoms with van der Waals surface area (Å²) in [5, 5.41) is 28.9. The number of ether oxygens (including phenoxy) is 6. The Morgan fingerprint density at radius 3 is 1.99 bits per heavy atom. The summed E-state index contributed by atoms with van der Waals surface area (Å²) < 4.78 is 36.6. The van der Waals surface area contributed by atoms with Crippen molar-refractivity contribution in [2.75, 3.05) is 6.61 Å². The predicted molar refractivity (Wildman–Crippen MR) is 236 cm³/mol. The highest BCUT2D eigenvalue weighted by Crippen LogP contribution is 2.64. The molecule has 0 spiro atoms. The van der Waals surface area contributed by atoms with E-state index < -0.39 is 119 Å². The summed E-state index contributed by atoms with van der Waals surface area (Å²) in [5.74, 6) is -7.63. The molecule has 2 saturated carbocycles. The molecule has 16 nitrogen and oxygen atoms in total. The Bertz CT molecular complexity index is 2440. The van der Waals surface area contributed by atoms with Crippen molar-refractivity contribution < 1.29 is 72.2 Å². The Labute approximate surface area is 388 Å². The lowest BCUT2D eigenvalue weighted by atomic mass is 9.44. The second-order valence-corrected chi connectivity index (χ2v) is 18.6. The number of aliphatic hydroxyl groups is 2. The number of hydrogen-bond donors (Lipinski definition) is 3. The second-order valence-electron chi connectivity index (χ2n) is 18.6. The highest BCUT2D eigenvalue weighted by atomic mass is 16.6. The van der Waals surface area contributed by atoms with Gasteiger partial charge in [0.1, 0.15) is 30.0 Å². The summed E-state index contributed by atoms with van der Waals surface area (Å²) in [6, 6.07) is 23.0. The lowest BCUT2D eigenvalue weighted by molar-refractivity contribution is -0.346. The summed E-state index contributed by atoms with van der Waals surface area (Å²) in [6.07, 6.45) is -10.2. The quantitative estimate of drug-likeness (QED) is 0.115. The summed E-state index contributed by atoms with van der Waals surface area (Å²) in [4.78, 5) is 98.5. The van der Waals surface area contributed by atoms with Crippen LogP contribution in [0.4, 0.5) is 0 Å². The maximum Gasteiger partial charge on any atom is 0.350 e. The van der Waals surface area contributed by atoms with Gasteiger partial charge in [0, 0.05) is 44.1 Å². The molecule has 1 aliphatic heterocycles. The van der Waals surface area contributed by atoms with Crippen molar-refractivity contribution in [3.05, 3.63) is 119 Å². The zero-order valence-corrected chi connectivity index (χ0v) is 38.5. The molecule has 3 N–H and O–H groups in total. The number of carbonyl (C=O) groups is 7. The monoisotopic (exact) mass is 923 g/mol. The van der Waals surface area contributed by atoms with Crippen LogP contribution in [0.25, 0.3) is 0 Å². The highest BCUT2D eigenvalue weighted by molar-refractivity contribution is 5.96. The molecule has 7 rings (SSSR count). The summed E-state index contributed by atoms with van der Waals surface area (Å²) >= 11 is 0. The number of benzene rings is 3. The van der Waals surface area contributed by atoms with Crippen molar-refractivity contribution in [1.29, 1.82) is 0 Å². The minimum absolute atomic E-state index is 0.0167. The molecule has 2 bridgehead atoms. The standard InChI is InChI=1S/C51H57NO15/c1-8-18-37(56)65-41(39(31-19-12-9-13-20-31)52-45(58)32-21-14-10-15-22-32)47(60)64-34-26-51(61)44(66-46(59)33-23-16-11-17-24-33)42-49(7,35(55)25-36-50(42,27-62-36)67-30(4)54)43(57)40(63-29(3)53)38(28(34)2)48(51,5)6/h9-17,19-24,34-36,39-42,44,55,61H,8,18,25-27H2,1-7H3,(H,52,58)/t34-,35-,36+,39-,40+,41+,42?,44?,49+,50-,51+/m0/s1. The lowest BCUT2D eigenvalue weighted by Crippen LogP contribution is -2.82. The second kappa shape index (κ2) is 18.8. The van der Waals surface area contributed by atoms with Crippen LogP contribution in [-0.2, 0) is 52.4 Å². The Hall–Kier alpha value is -6.23. The number of esters is 5. The fourth-order valence-electron chi connectivity index (χ4n) is 10.7. The van der Waals surface area contributed by atoms with Crippen LogP contribution in [0.2, 0.25) is 0 Å². The molecule has 16 heteroatoms. The molecule has 4 aliphatic rings. The Morgan fingerprint density at radius 1 is 0.836 bits per heavy atom. The molecule has 3 fully saturated rings. The van der Waals surface area contributed by atoms with Crippen molar-refractivity contribution in [3.8, 4) is 0 Å². The largest absolute Gasteiger partial charge is 0.455 e. The maximum atomic E-state index is 15.6. The SMILES string of the molecule is CCCC(=O)O[C@@H](C(=O)O[C@H]1C[C@@]2(O)C(OC(=O)c3ccccc3)C3[C@](C)(C(=O)[C@H](OC(C)=O)C(=C1C)C2(C)C)[C@@H](O)C[C@H]1OC[C@@]31OC(C)=O)[C@@H](NC(=O)c1ccccc1)c1ccccc1. The number of amides is 1. The zero-order chi connectivity index (χ0) is 48.6. The molecule has 1 amide bonds. The van der Waals surface area contributed by atoms with E-state index in [1.807, 2.05) is 0 Å². The van der Waals surface area contributed by atoms with Crippen LogP contribution in [0.15, 0.2) is 102 Å². The topological polar surface area (TPSA) is 227 Å². The van der Waals surface area contributed by atoms with Crippen LogP contribution in [0.3, 0.4) is 0 Å². The molecule has 3 aromatic carbocycles. The molecule has 3 aromatic rings. The van der Waals surface area contributed by atoms with Crippen LogP contribution >= 0.6 is 0 Å². The minimum Gasteiger partial charge on any atom is -0.455 e. The van der Waals surface area contributed by atoms with E-state index in [1.165, 1.54) is 26.0 Å². The number of Topliss-reactive ketones (excluding diaryl/α,β-unsaturated/α-hetero) is 1. The average Bonchev–Trinajstić information content (AvgIpc) is 3.29. The molecule has 67 heavy (non-hydrogen) atoms. The first kappa shape index (κ1) is 48.7. The van der Waals surface area contributed by atoms with E-state index in [1.54, 1.807) is 99.6 Å². The summed E-state index contributed by atoms with van der Waals surface area (Å²) in [7, 11) is 0. The molecule has 0 aromatic heterocycles. The molecule has 0 radical (unpaired) electrons. The fourth-order valence-corrected chi connectivity index (χ4v) is 10.7. The third-order valence-corrected chi connectivity index (χ3v) is 14.2. The van der Waals surface area contributed by atoms with E-state index in [4.69, 9.17) is 28.4 Å². The predicted octanol–water partition coefficient (Wildman–Crippen LogP) is 5.09. The van der Waals surface area contributed by atoms with E-state index >= 15 is 9.59 Å². The third kappa shape index (κ3) is 8.66. The van der Waals surface area contributed by atoms with Crippen LogP contribution in [0.5, 0.6) is 0 Å². The van der Waals surface area contributed by atoms with Gasteiger partial charge < -0.3 is 44.0 Å².